The van der Waals surface area contributed by atoms with Crippen LogP contribution in [0.3, 0.4) is 0 Å². The number of rotatable bonds is 1. The SMILES string of the molecule is CC1(F)C(O)[C@@H](CO)O[C@H]1O. The van der Waals surface area contributed by atoms with E-state index in [1.165, 1.54) is 0 Å². The Morgan fingerprint density at radius 3 is 2.27 bits per heavy atom. The van der Waals surface area contributed by atoms with Crippen molar-refractivity contribution in [3.63, 3.8) is 0 Å². The summed E-state index contributed by atoms with van der Waals surface area (Å²) >= 11 is 0. The smallest absolute Gasteiger partial charge is 0.192 e. The Morgan fingerprint density at radius 2 is 2.09 bits per heavy atom. The fourth-order valence-corrected chi connectivity index (χ4v) is 1.03. The zero-order chi connectivity index (χ0) is 8.65. The normalized spacial score (nSPS) is 51.5. The maximum absolute atomic E-state index is 13.1. The van der Waals surface area contributed by atoms with Crippen LogP contribution in [0.5, 0.6) is 0 Å². The summed E-state index contributed by atoms with van der Waals surface area (Å²) in [5.74, 6) is 0. The van der Waals surface area contributed by atoms with Gasteiger partial charge in [0.25, 0.3) is 0 Å². The first-order chi connectivity index (χ1) is 5.00. The number of halogens is 1. The molecule has 0 amide bonds. The van der Waals surface area contributed by atoms with Crippen LogP contribution < -0.4 is 0 Å². The third kappa shape index (κ3) is 1.24. The van der Waals surface area contributed by atoms with E-state index in [1.54, 1.807) is 0 Å². The van der Waals surface area contributed by atoms with Gasteiger partial charge in [-0.3, -0.25) is 0 Å². The van der Waals surface area contributed by atoms with Crippen molar-refractivity contribution >= 4 is 0 Å². The van der Waals surface area contributed by atoms with Gasteiger partial charge in [0, 0.05) is 0 Å². The zero-order valence-electron chi connectivity index (χ0n) is 6.07. The highest BCUT2D eigenvalue weighted by Gasteiger charge is 2.53. The predicted octanol–water partition coefficient (Wildman–Crippen LogP) is -1.22. The molecule has 1 aliphatic rings. The van der Waals surface area contributed by atoms with Gasteiger partial charge in [-0.2, -0.15) is 0 Å². The molecule has 0 aromatic heterocycles. The van der Waals surface area contributed by atoms with Crippen molar-refractivity contribution in [2.24, 2.45) is 0 Å². The number of aliphatic hydroxyl groups is 3. The highest BCUT2D eigenvalue weighted by molar-refractivity contribution is 4.96. The lowest BCUT2D eigenvalue weighted by molar-refractivity contribution is -0.143. The second kappa shape index (κ2) is 2.67. The standard InChI is InChI=1S/C6H11FO4/c1-6(7)4(9)3(2-8)11-5(6)10/h3-5,8-10H,2H2,1H3/t3-,4?,5-,6?/m1/s1. The Bertz CT molecular complexity index is 150. The van der Waals surface area contributed by atoms with Crippen LogP contribution in [0, 0.1) is 0 Å². The third-order valence-electron chi connectivity index (χ3n) is 1.90. The van der Waals surface area contributed by atoms with E-state index in [1.807, 2.05) is 0 Å². The predicted molar refractivity (Wildman–Crippen MR) is 33.5 cm³/mol. The fourth-order valence-electron chi connectivity index (χ4n) is 1.03. The molecule has 0 bridgehead atoms. The van der Waals surface area contributed by atoms with Gasteiger partial charge in [0.1, 0.15) is 12.2 Å². The first-order valence-electron chi connectivity index (χ1n) is 3.31. The van der Waals surface area contributed by atoms with Crippen molar-refractivity contribution in [1.82, 2.24) is 0 Å². The van der Waals surface area contributed by atoms with Gasteiger partial charge in [-0.05, 0) is 6.92 Å². The number of aliphatic hydroxyl groups excluding tert-OH is 3. The van der Waals surface area contributed by atoms with Gasteiger partial charge in [0.05, 0.1) is 6.61 Å². The van der Waals surface area contributed by atoms with Crippen LogP contribution in [-0.2, 0) is 4.74 Å². The van der Waals surface area contributed by atoms with E-state index in [2.05, 4.69) is 4.74 Å². The molecule has 0 aromatic carbocycles. The van der Waals surface area contributed by atoms with Gasteiger partial charge < -0.3 is 20.1 Å². The molecule has 1 aliphatic heterocycles. The maximum Gasteiger partial charge on any atom is 0.192 e. The van der Waals surface area contributed by atoms with Crippen LogP contribution in [0.15, 0.2) is 0 Å². The molecule has 4 nitrogen and oxygen atoms in total. The topological polar surface area (TPSA) is 69.9 Å². The Hall–Kier alpha value is -0.230. The molecule has 0 aliphatic carbocycles. The number of hydrogen-bond acceptors (Lipinski definition) is 4. The van der Waals surface area contributed by atoms with E-state index in [4.69, 9.17) is 15.3 Å². The summed E-state index contributed by atoms with van der Waals surface area (Å²) in [4.78, 5) is 0. The van der Waals surface area contributed by atoms with Gasteiger partial charge in [0.15, 0.2) is 12.0 Å². The largest absolute Gasteiger partial charge is 0.394 e. The average Bonchev–Trinajstić information content (AvgIpc) is 2.14. The van der Waals surface area contributed by atoms with Gasteiger partial charge in [-0.25, -0.2) is 4.39 Å². The minimum atomic E-state index is -2.19. The summed E-state index contributed by atoms with van der Waals surface area (Å²) in [5, 5.41) is 26.5. The van der Waals surface area contributed by atoms with Crippen LogP contribution in [0.1, 0.15) is 6.92 Å². The Balaban J connectivity index is 2.71. The third-order valence-corrected chi connectivity index (χ3v) is 1.90. The monoisotopic (exact) mass is 166 g/mol. The number of alkyl halides is 1. The summed E-state index contributed by atoms with van der Waals surface area (Å²) in [5.41, 5.74) is -2.19. The lowest BCUT2D eigenvalue weighted by Crippen LogP contribution is -2.41. The molecule has 0 saturated carbocycles. The fraction of sp³-hybridized carbons (Fsp3) is 1.00. The van der Waals surface area contributed by atoms with E-state index >= 15 is 0 Å². The molecule has 1 saturated heterocycles. The van der Waals surface area contributed by atoms with Gasteiger partial charge in [-0.15, -0.1) is 0 Å². The summed E-state index contributed by atoms with van der Waals surface area (Å²) in [6.45, 7) is 0.524. The van der Waals surface area contributed by atoms with E-state index in [0.29, 0.717) is 0 Å². The van der Waals surface area contributed by atoms with Crippen molar-refractivity contribution in [2.75, 3.05) is 6.61 Å². The molecule has 1 fully saturated rings. The van der Waals surface area contributed by atoms with Gasteiger partial charge in [-0.1, -0.05) is 0 Å². The second-order valence-corrected chi connectivity index (χ2v) is 2.81. The molecule has 5 heteroatoms. The quantitative estimate of drug-likeness (QED) is 0.457. The van der Waals surface area contributed by atoms with E-state index < -0.39 is 30.8 Å². The van der Waals surface area contributed by atoms with Gasteiger partial charge in [0.2, 0.25) is 0 Å². The van der Waals surface area contributed by atoms with E-state index in [9.17, 15) is 4.39 Å². The van der Waals surface area contributed by atoms with Crippen LogP contribution in [0.4, 0.5) is 4.39 Å². The molecule has 1 rings (SSSR count). The Kier molecular flexibility index (Phi) is 2.15. The Morgan fingerprint density at radius 1 is 1.55 bits per heavy atom. The summed E-state index contributed by atoms with van der Waals surface area (Å²) < 4.78 is 17.6. The molecule has 0 radical (unpaired) electrons. The molecule has 0 aromatic rings. The van der Waals surface area contributed by atoms with Gasteiger partial charge >= 0.3 is 0 Å². The van der Waals surface area contributed by atoms with E-state index in [0.717, 1.165) is 6.92 Å². The molecule has 2 unspecified atom stereocenters. The molecule has 3 N–H and O–H groups in total. The number of ether oxygens (including phenoxy) is 1. The summed E-state index contributed by atoms with van der Waals surface area (Å²) in [6, 6.07) is 0. The van der Waals surface area contributed by atoms with Crippen molar-refractivity contribution < 1.29 is 24.4 Å². The maximum atomic E-state index is 13.1. The highest BCUT2D eigenvalue weighted by atomic mass is 19.1. The van der Waals surface area contributed by atoms with Crippen molar-refractivity contribution in [2.45, 2.75) is 31.1 Å². The molecule has 4 atom stereocenters. The van der Waals surface area contributed by atoms with Crippen LogP contribution in [0.25, 0.3) is 0 Å². The van der Waals surface area contributed by atoms with Crippen molar-refractivity contribution in [3.8, 4) is 0 Å². The summed E-state index contributed by atoms with van der Waals surface area (Å²) in [7, 11) is 0. The van der Waals surface area contributed by atoms with Crippen LogP contribution in [-0.4, -0.2) is 46.1 Å². The lowest BCUT2D eigenvalue weighted by Gasteiger charge is -2.19. The molecular formula is C6H11FO4. The first kappa shape index (κ1) is 8.86. The second-order valence-electron chi connectivity index (χ2n) is 2.81. The first-order valence-corrected chi connectivity index (χ1v) is 3.31. The Labute approximate surface area is 63.2 Å². The summed E-state index contributed by atoms with van der Waals surface area (Å²) in [6.07, 6.45) is -4.16. The number of hydrogen-bond donors (Lipinski definition) is 3. The zero-order valence-corrected chi connectivity index (χ0v) is 6.07. The molecule has 0 spiro atoms. The lowest BCUT2D eigenvalue weighted by atomic mass is 10.0. The minimum Gasteiger partial charge on any atom is -0.394 e. The van der Waals surface area contributed by atoms with E-state index in [-0.39, 0.29) is 0 Å². The molecular weight excluding hydrogens is 155 g/mol. The van der Waals surface area contributed by atoms with Crippen molar-refractivity contribution in [3.05, 3.63) is 0 Å². The molecule has 11 heavy (non-hydrogen) atoms. The minimum absolute atomic E-state index is 0.502. The van der Waals surface area contributed by atoms with Crippen LogP contribution >= 0.6 is 0 Å². The van der Waals surface area contributed by atoms with Crippen LogP contribution in [0.2, 0.25) is 0 Å². The highest BCUT2D eigenvalue weighted by Crippen LogP contribution is 2.32. The molecule has 66 valence electrons. The van der Waals surface area contributed by atoms with Crippen molar-refractivity contribution in [1.29, 1.82) is 0 Å². The molecule has 1 heterocycles. The average molecular weight is 166 g/mol.